The Morgan fingerprint density at radius 3 is 2.43 bits per heavy atom. The molecule has 0 spiro atoms. The summed E-state index contributed by atoms with van der Waals surface area (Å²) in [6.45, 7) is 5.01. The number of allylic oxidation sites excluding steroid dienone is 5. The minimum atomic E-state index is -4.24. The monoisotopic (exact) mass is 622 g/mol. The van der Waals surface area contributed by atoms with Crippen molar-refractivity contribution in [2.24, 2.45) is 22.7 Å². The van der Waals surface area contributed by atoms with Crippen molar-refractivity contribution in [1.29, 1.82) is 0 Å². The number of fused-ring (bicyclic) bond motifs is 4. The molecule has 0 bridgehead atoms. The normalized spacial score (nSPS) is 33.7. The Labute approximate surface area is 259 Å². The van der Waals surface area contributed by atoms with Crippen LogP contribution in [0.25, 0.3) is 0 Å². The van der Waals surface area contributed by atoms with Crippen molar-refractivity contribution >= 4 is 27.7 Å². The molecule has 0 aliphatic heterocycles. The molecule has 2 saturated carbocycles. The molecule has 5 atom stereocenters. The third kappa shape index (κ3) is 4.95. The minimum Gasteiger partial charge on any atom is -0.450 e. The van der Waals surface area contributed by atoms with Gasteiger partial charge in [-0.15, -0.1) is 0 Å². The number of hydrogen-bond acceptors (Lipinski definition) is 8. The predicted molar refractivity (Wildman–Crippen MR) is 163 cm³/mol. The lowest BCUT2D eigenvalue weighted by Gasteiger charge is -2.54. The van der Waals surface area contributed by atoms with Crippen molar-refractivity contribution < 1.29 is 36.8 Å². The average Bonchev–Trinajstić information content (AvgIpc) is 3.28. The van der Waals surface area contributed by atoms with Crippen LogP contribution in [0.4, 0.5) is 0 Å². The van der Waals surface area contributed by atoms with Gasteiger partial charge < -0.3 is 9.84 Å². The highest BCUT2D eigenvalue weighted by atomic mass is 32.2. The number of aliphatic hydroxyl groups excluding tert-OH is 1. The van der Waals surface area contributed by atoms with Gasteiger partial charge in [-0.05, 0) is 94.6 Å². The number of ether oxygens (including phenoxy) is 1. The maximum absolute atomic E-state index is 14.3. The Morgan fingerprint density at radius 1 is 1.02 bits per heavy atom. The van der Waals surface area contributed by atoms with Gasteiger partial charge in [-0.25, -0.2) is 0 Å². The van der Waals surface area contributed by atoms with Gasteiger partial charge in [0.05, 0.1) is 16.9 Å². The maximum atomic E-state index is 14.3. The van der Waals surface area contributed by atoms with Crippen LogP contribution in [0.15, 0.2) is 64.1 Å². The summed E-state index contributed by atoms with van der Waals surface area (Å²) in [5.74, 6) is -1.56. The molecule has 0 heterocycles. The van der Waals surface area contributed by atoms with Gasteiger partial charge in [0.1, 0.15) is 6.61 Å². The quantitative estimate of drug-likeness (QED) is 0.241. The Kier molecular flexibility index (Phi) is 7.90. The van der Waals surface area contributed by atoms with E-state index in [2.05, 4.69) is 0 Å². The number of carbonyl (C=O) groups excluding carboxylic acids is 3. The fraction of sp³-hybridized carbons (Fsp3) is 0.571. The summed E-state index contributed by atoms with van der Waals surface area (Å²) < 4.78 is 37.8. The zero-order valence-electron chi connectivity index (χ0n) is 25.8. The second-order valence-electron chi connectivity index (χ2n) is 13.8. The van der Waals surface area contributed by atoms with E-state index in [1.807, 2.05) is 26.8 Å². The van der Waals surface area contributed by atoms with E-state index < -0.39 is 51.0 Å². The average molecular weight is 623 g/mol. The summed E-state index contributed by atoms with van der Waals surface area (Å²) in [5, 5.41) is 11.8. The number of ketones is 2. The Balaban J connectivity index is 1.36. The van der Waals surface area contributed by atoms with Crippen LogP contribution in [0.3, 0.4) is 0 Å². The zero-order chi connectivity index (χ0) is 31.5. The highest BCUT2D eigenvalue weighted by molar-refractivity contribution is 7.86. The lowest BCUT2D eigenvalue weighted by molar-refractivity contribution is -0.189. The van der Waals surface area contributed by atoms with Gasteiger partial charge in [-0.3, -0.25) is 18.6 Å². The smallest absolute Gasteiger partial charge is 0.309 e. The van der Waals surface area contributed by atoms with Gasteiger partial charge in [0.25, 0.3) is 10.1 Å². The molecule has 8 nitrogen and oxygen atoms in total. The minimum absolute atomic E-state index is 0.0547. The Morgan fingerprint density at radius 2 is 1.73 bits per heavy atom. The molecular weight excluding hydrogens is 580 g/mol. The number of esters is 1. The van der Waals surface area contributed by atoms with Crippen molar-refractivity contribution in [1.82, 2.24) is 0 Å². The summed E-state index contributed by atoms with van der Waals surface area (Å²) in [6, 6.07) is 6.19. The maximum Gasteiger partial charge on any atom is 0.309 e. The van der Waals surface area contributed by atoms with Crippen molar-refractivity contribution in [2.75, 3.05) is 6.61 Å². The highest BCUT2D eigenvalue weighted by Gasteiger charge is 2.68. The second kappa shape index (κ2) is 11.2. The molecule has 5 aliphatic rings. The summed E-state index contributed by atoms with van der Waals surface area (Å²) in [5.41, 5.74) is 0.575. The van der Waals surface area contributed by atoms with Gasteiger partial charge >= 0.3 is 5.97 Å². The third-order valence-corrected chi connectivity index (χ3v) is 12.6. The van der Waals surface area contributed by atoms with Crippen molar-refractivity contribution in [2.45, 2.75) is 102 Å². The number of hydrogen-bond donors (Lipinski definition) is 1. The molecule has 1 aromatic rings. The molecule has 0 radical (unpaired) electrons. The third-order valence-electron chi connectivity index (χ3n) is 11.3. The first-order valence-electron chi connectivity index (χ1n) is 15.9. The molecule has 1 aromatic carbocycles. The molecule has 0 amide bonds. The summed E-state index contributed by atoms with van der Waals surface area (Å²) in [6.07, 6.45) is 10.7. The number of benzene rings is 1. The van der Waals surface area contributed by atoms with E-state index in [4.69, 9.17) is 8.92 Å². The topological polar surface area (TPSA) is 124 Å². The fourth-order valence-corrected chi connectivity index (χ4v) is 9.75. The van der Waals surface area contributed by atoms with Gasteiger partial charge in [-0.2, -0.15) is 8.42 Å². The van der Waals surface area contributed by atoms with Gasteiger partial charge in [0.2, 0.25) is 5.78 Å². The standard InChI is InChI=1S/C35H42O8S/c1-22-9-12-26(13-10-22)44(40,41)42-21-30(38)35(43-32(39)23-7-5-4-6-8-23)18-16-28-27-14-11-24-19-25(36)15-17-33(24,2)31(27)29(37)20-34(28,35)3/h9-10,12-13,15,17,19,23,28-29,37H,4-8,11,14,16,18,20-21H2,1-3H3/t28-,29-,33-,34-,35-/m0/s1. The van der Waals surface area contributed by atoms with Gasteiger partial charge in [0, 0.05) is 10.8 Å². The van der Waals surface area contributed by atoms with Gasteiger partial charge in [0.15, 0.2) is 11.4 Å². The second-order valence-corrected chi connectivity index (χ2v) is 15.4. The molecule has 236 valence electrons. The van der Waals surface area contributed by atoms with E-state index in [-0.39, 0.29) is 35.4 Å². The number of rotatable bonds is 7. The van der Waals surface area contributed by atoms with Crippen molar-refractivity contribution in [3.63, 3.8) is 0 Å². The lowest BCUT2D eigenvalue weighted by atomic mass is 9.52. The first-order chi connectivity index (χ1) is 20.8. The Hall–Kier alpha value is -2.88. The molecular formula is C35H42O8S. The predicted octanol–water partition coefficient (Wildman–Crippen LogP) is 5.47. The lowest BCUT2D eigenvalue weighted by Crippen LogP contribution is -2.59. The molecule has 2 fully saturated rings. The number of carbonyl (C=O) groups is 3. The summed E-state index contributed by atoms with van der Waals surface area (Å²) >= 11 is 0. The van der Waals surface area contributed by atoms with Crippen LogP contribution < -0.4 is 0 Å². The van der Waals surface area contributed by atoms with E-state index in [1.165, 1.54) is 12.1 Å². The number of aliphatic hydroxyl groups is 1. The van der Waals surface area contributed by atoms with E-state index in [0.717, 1.165) is 41.5 Å². The van der Waals surface area contributed by atoms with Crippen LogP contribution in [0.5, 0.6) is 0 Å². The largest absolute Gasteiger partial charge is 0.450 e. The first-order valence-corrected chi connectivity index (χ1v) is 17.3. The molecule has 9 heteroatoms. The SMILES string of the molecule is Cc1ccc(S(=O)(=O)OCC(=O)[C@@]2(OC(=O)C3CCCCC3)CC[C@H]3C4=C([C@@H](O)C[C@@]32C)[C@@]2(C)C=CC(=O)C=C2CC4)cc1. The van der Waals surface area contributed by atoms with E-state index >= 15 is 0 Å². The number of Topliss-reactive ketones (excluding diaryl/α,β-unsaturated/α-hetero) is 1. The van der Waals surface area contributed by atoms with Gasteiger partial charge in [-0.1, -0.05) is 61.1 Å². The zero-order valence-corrected chi connectivity index (χ0v) is 26.6. The van der Waals surface area contributed by atoms with Crippen LogP contribution in [-0.2, 0) is 33.4 Å². The van der Waals surface area contributed by atoms with Crippen molar-refractivity contribution in [3.05, 3.63) is 64.8 Å². The molecule has 6 rings (SSSR count). The molecule has 44 heavy (non-hydrogen) atoms. The summed E-state index contributed by atoms with van der Waals surface area (Å²) in [7, 11) is -4.24. The molecule has 0 unspecified atom stereocenters. The fourth-order valence-electron chi connectivity index (χ4n) is 8.88. The van der Waals surface area contributed by atoms with Crippen LogP contribution in [0, 0.1) is 29.6 Å². The summed E-state index contributed by atoms with van der Waals surface area (Å²) in [4.78, 5) is 40.2. The molecule has 0 aromatic heterocycles. The highest BCUT2D eigenvalue weighted by Crippen LogP contribution is 2.65. The van der Waals surface area contributed by atoms with E-state index in [0.29, 0.717) is 32.1 Å². The first kappa shape index (κ1) is 31.1. The molecule has 0 saturated heterocycles. The van der Waals surface area contributed by atoms with Crippen LogP contribution in [0.1, 0.15) is 83.6 Å². The van der Waals surface area contributed by atoms with Crippen molar-refractivity contribution in [3.8, 4) is 0 Å². The molecule has 5 aliphatic carbocycles. The van der Waals surface area contributed by atoms with E-state index in [9.17, 15) is 27.9 Å². The number of aryl methyl sites for hydroxylation is 1. The van der Waals surface area contributed by atoms with E-state index in [1.54, 1.807) is 24.3 Å². The van der Waals surface area contributed by atoms with Crippen LogP contribution in [-0.4, -0.2) is 49.4 Å². The Bertz CT molecular complexity index is 1580. The van der Waals surface area contributed by atoms with Crippen LogP contribution >= 0.6 is 0 Å². The van der Waals surface area contributed by atoms with Crippen LogP contribution in [0.2, 0.25) is 0 Å². The molecule has 1 N–H and O–H groups in total.